The molecule has 0 atom stereocenters. The van der Waals surface area contributed by atoms with Crippen molar-refractivity contribution >= 4 is 17.6 Å². The SMILES string of the molecule is CCOC(=O)c1ccc(F)cc1-c1cc(C(=O)Nc2ccc(OCc3ccccc3)cc2)c(C)n1C. The molecule has 1 heterocycles. The number of halogens is 1. The molecule has 0 unspecified atom stereocenters. The molecule has 0 saturated carbocycles. The van der Waals surface area contributed by atoms with Crippen molar-refractivity contribution in [2.24, 2.45) is 7.05 Å². The smallest absolute Gasteiger partial charge is 0.338 e. The van der Waals surface area contributed by atoms with Gasteiger partial charge in [-0.25, -0.2) is 9.18 Å². The van der Waals surface area contributed by atoms with Gasteiger partial charge in [-0.1, -0.05) is 30.3 Å². The van der Waals surface area contributed by atoms with Crippen molar-refractivity contribution in [1.82, 2.24) is 4.57 Å². The summed E-state index contributed by atoms with van der Waals surface area (Å²) in [6.07, 6.45) is 0. The molecule has 1 N–H and O–H groups in total. The fraction of sp³-hybridized carbons (Fsp3) is 0.172. The summed E-state index contributed by atoms with van der Waals surface area (Å²) >= 11 is 0. The molecule has 0 aliphatic carbocycles. The largest absolute Gasteiger partial charge is 0.489 e. The summed E-state index contributed by atoms with van der Waals surface area (Å²) in [4.78, 5) is 25.5. The topological polar surface area (TPSA) is 69.6 Å². The number of benzene rings is 3. The summed E-state index contributed by atoms with van der Waals surface area (Å²) in [6, 6.07) is 22.5. The van der Waals surface area contributed by atoms with Crippen LogP contribution in [0.15, 0.2) is 78.9 Å². The molecule has 0 radical (unpaired) electrons. The van der Waals surface area contributed by atoms with Crippen LogP contribution in [0.25, 0.3) is 11.3 Å². The van der Waals surface area contributed by atoms with Gasteiger partial charge in [0, 0.05) is 29.7 Å². The van der Waals surface area contributed by atoms with E-state index < -0.39 is 11.8 Å². The number of carbonyl (C=O) groups is 2. The molecule has 6 nitrogen and oxygen atoms in total. The van der Waals surface area contributed by atoms with Crippen LogP contribution in [-0.4, -0.2) is 23.1 Å². The molecule has 4 rings (SSSR count). The number of rotatable bonds is 8. The van der Waals surface area contributed by atoms with Crippen LogP contribution in [0.3, 0.4) is 0 Å². The Morgan fingerprint density at radius 2 is 1.67 bits per heavy atom. The summed E-state index contributed by atoms with van der Waals surface area (Å²) in [5, 5.41) is 2.89. The molecule has 0 saturated heterocycles. The van der Waals surface area contributed by atoms with Crippen molar-refractivity contribution in [3.05, 3.63) is 107 Å². The molecule has 3 aromatic carbocycles. The van der Waals surface area contributed by atoms with Gasteiger partial charge in [0.25, 0.3) is 5.91 Å². The van der Waals surface area contributed by atoms with Gasteiger partial charge in [-0.3, -0.25) is 4.79 Å². The normalized spacial score (nSPS) is 10.7. The van der Waals surface area contributed by atoms with Gasteiger partial charge in [-0.2, -0.15) is 0 Å². The predicted octanol–water partition coefficient (Wildman–Crippen LogP) is 6.15. The van der Waals surface area contributed by atoms with E-state index in [0.29, 0.717) is 40.6 Å². The number of aromatic nitrogens is 1. The lowest BCUT2D eigenvalue weighted by atomic mass is 10.0. The molecule has 0 fully saturated rings. The average Bonchev–Trinajstić information content (AvgIpc) is 3.18. The van der Waals surface area contributed by atoms with Crippen LogP contribution in [0.1, 0.15) is 38.9 Å². The van der Waals surface area contributed by atoms with Gasteiger partial charge >= 0.3 is 5.97 Å². The van der Waals surface area contributed by atoms with Crippen LogP contribution < -0.4 is 10.1 Å². The van der Waals surface area contributed by atoms with Crippen molar-refractivity contribution in [2.75, 3.05) is 11.9 Å². The molecule has 7 heteroatoms. The first-order chi connectivity index (χ1) is 17.4. The van der Waals surface area contributed by atoms with Crippen LogP contribution in [-0.2, 0) is 18.4 Å². The molecule has 1 aromatic heterocycles. The summed E-state index contributed by atoms with van der Waals surface area (Å²) < 4.78 is 26.8. The fourth-order valence-electron chi connectivity index (χ4n) is 3.88. The molecule has 184 valence electrons. The Labute approximate surface area is 209 Å². The third-order valence-electron chi connectivity index (χ3n) is 5.89. The number of hydrogen-bond acceptors (Lipinski definition) is 4. The van der Waals surface area contributed by atoms with Gasteiger partial charge in [0.1, 0.15) is 18.2 Å². The zero-order chi connectivity index (χ0) is 25.7. The molecule has 0 spiro atoms. The monoisotopic (exact) mass is 486 g/mol. The Hall–Kier alpha value is -4.39. The van der Waals surface area contributed by atoms with Gasteiger partial charge in [0.05, 0.1) is 17.7 Å². The Balaban J connectivity index is 1.52. The number of carbonyl (C=O) groups excluding carboxylic acids is 2. The summed E-state index contributed by atoms with van der Waals surface area (Å²) in [5.74, 6) is -0.668. The number of nitrogens with one attached hydrogen (secondary N) is 1. The first-order valence-electron chi connectivity index (χ1n) is 11.6. The first-order valence-corrected chi connectivity index (χ1v) is 11.6. The van der Waals surface area contributed by atoms with Gasteiger partial charge in [-0.05, 0) is 67.9 Å². The molecule has 36 heavy (non-hydrogen) atoms. The van der Waals surface area contributed by atoms with Crippen LogP contribution in [0.5, 0.6) is 5.75 Å². The Morgan fingerprint density at radius 3 is 2.36 bits per heavy atom. The summed E-state index contributed by atoms with van der Waals surface area (Å²) in [7, 11) is 1.76. The lowest BCUT2D eigenvalue weighted by Crippen LogP contribution is -2.12. The first kappa shape index (κ1) is 24.7. The number of anilines is 1. The van der Waals surface area contributed by atoms with E-state index in [1.54, 1.807) is 55.8 Å². The zero-order valence-corrected chi connectivity index (χ0v) is 20.4. The van der Waals surface area contributed by atoms with E-state index in [1.165, 1.54) is 18.2 Å². The number of ether oxygens (including phenoxy) is 2. The third-order valence-corrected chi connectivity index (χ3v) is 5.89. The fourth-order valence-corrected chi connectivity index (χ4v) is 3.88. The van der Waals surface area contributed by atoms with E-state index >= 15 is 0 Å². The highest BCUT2D eigenvalue weighted by molar-refractivity contribution is 6.06. The number of hydrogen-bond donors (Lipinski definition) is 1. The minimum Gasteiger partial charge on any atom is -0.489 e. The quantitative estimate of drug-likeness (QED) is 0.304. The highest BCUT2D eigenvalue weighted by Crippen LogP contribution is 2.30. The van der Waals surface area contributed by atoms with E-state index in [9.17, 15) is 14.0 Å². The average molecular weight is 487 g/mol. The number of nitrogens with zero attached hydrogens (tertiary/aromatic N) is 1. The van der Waals surface area contributed by atoms with Crippen molar-refractivity contribution in [2.45, 2.75) is 20.5 Å². The van der Waals surface area contributed by atoms with E-state index in [0.717, 1.165) is 5.56 Å². The molecule has 4 aromatic rings. The lowest BCUT2D eigenvalue weighted by molar-refractivity contribution is 0.0527. The van der Waals surface area contributed by atoms with E-state index in [2.05, 4.69) is 5.32 Å². The molecular weight excluding hydrogens is 459 g/mol. The van der Waals surface area contributed by atoms with E-state index in [1.807, 2.05) is 30.3 Å². The number of amides is 1. The van der Waals surface area contributed by atoms with Gasteiger partial charge in [-0.15, -0.1) is 0 Å². The third kappa shape index (κ3) is 5.46. The van der Waals surface area contributed by atoms with Crippen LogP contribution in [0, 0.1) is 12.7 Å². The van der Waals surface area contributed by atoms with Crippen molar-refractivity contribution < 1.29 is 23.5 Å². The maximum absolute atomic E-state index is 14.1. The highest BCUT2D eigenvalue weighted by Gasteiger charge is 2.22. The van der Waals surface area contributed by atoms with E-state index in [-0.39, 0.29) is 18.1 Å². The Bertz CT molecular complexity index is 1380. The minimum absolute atomic E-state index is 0.200. The van der Waals surface area contributed by atoms with Crippen LogP contribution >= 0.6 is 0 Å². The van der Waals surface area contributed by atoms with Gasteiger partial charge in [0.15, 0.2) is 0 Å². The standard InChI is InChI=1S/C29H27FN2O4/c1-4-35-29(34)24-15-10-21(30)16-26(24)27-17-25(19(2)32(27)3)28(33)31-22-11-13-23(14-12-22)36-18-20-8-6-5-7-9-20/h5-17H,4,18H2,1-3H3,(H,31,33). The summed E-state index contributed by atoms with van der Waals surface area (Å²) in [6.45, 7) is 4.15. The second-order valence-electron chi connectivity index (χ2n) is 8.25. The van der Waals surface area contributed by atoms with Crippen molar-refractivity contribution in [3.63, 3.8) is 0 Å². The maximum atomic E-state index is 14.1. The summed E-state index contributed by atoms with van der Waals surface area (Å²) in [5.41, 5.74) is 3.88. The van der Waals surface area contributed by atoms with Crippen molar-refractivity contribution in [3.8, 4) is 17.0 Å². The van der Waals surface area contributed by atoms with E-state index in [4.69, 9.17) is 9.47 Å². The van der Waals surface area contributed by atoms with Crippen molar-refractivity contribution in [1.29, 1.82) is 0 Å². The Kier molecular flexibility index (Phi) is 7.49. The molecule has 0 aliphatic heterocycles. The lowest BCUT2D eigenvalue weighted by Gasteiger charge is -2.11. The molecular formula is C29H27FN2O4. The highest BCUT2D eigenvalue weighted by atomic mass is 19.1. The van der Waals surface area contributed by atoms with Crippen LogP contribution in [0.4, 0.5) is 10.1 Å². The molecule has 1 amide bonds. The second kappa shape index (κ2) is 10.9. The molecule has 0 bridgehead atoms. The second-order valence-corrected chi connectivity index (χ2v) is 8.25. The van der Waals surface area contributed by atoms with Gasteiger partial charge in [0.2, 0.25) is 0 Å². The number of esters is 1. The van der Waals surface area contributed by atoms with Gasteiger partial charge < -0.3 is 19.4 Å². The Morgan fingerprint density at radius 1 is 0.944 bits per heavy atom. The molecule has 0 aliphatic rings. The zero-order valence-electron chi connectivity index (χ0n) is 20.4. The predicted molar refractivity (Wildman–Crippen MR) is 137 cm³/mol. The minimum atomic E-state index is -0.549. The maximum Gasteiger partial charge on any atom is 0.338 e. The van der Waals surface area contributed by atoms with Crippen LogP contribution in [0.2, 0.25) is 0 Å².